The monoisotopic (exact) mass is 410 g/mol. The maximum absolute atomic E-state index is 12.4. The van der Waals surface area contributed by atoms with Crippen molar-refractivity contribution >= 4 is 29.2 Å². The third-order valence-electron chi connectivity index (χ3n) is 3.96. The summed E-state index contributed by atoms with van der Waals surface area (Å²) in [6, 6.07) is 14.2. The number of hydrogen-bond acceptors (Lipinski definition) is 7. The van der Waals surface area contributed by atoms with Gasteiger partial charge in [-0.3, -0.25) is 24.6 Å². The lowest BCUT2D eigenvalue weighted by Gasteiger charge is -2.20. The van der Waals surface area contributed by atoms with Gasteiger partial charge in [0.05, 0.1) is 11.0 Å². The van der Waals surface area contributed by atoms with Gasteiger partial charge in [0.2, 0.25) is 0 Å². The molecule has 10 heteroatoms. The predicted octanol–water partition coefficient (Wildman–Crippen LogP) is 1.81. The molecule has 0 unspecified atom stereocenters. The van der Waals surface area contributed by atoms with E-state index in [0.29, 0.717) is 5.69 Å². The number of amides is 2. The number of nitrogens with one attached hydrogen (secondary N) is 1. The molecule has 2 amide bonds. The summed E-state index contributed by atoms with van der Waals surface area (Å²) in [7, 11) is 0. The van der Waals surface area contributed by atoms with E-state index < -0.39 is 35.4 Å². The average Bonchev–Trinajstić information content (AvgIpc) is 2.76. The van der Waals surface area contributed by atoms with Crippen LogP contribution in [0.25, 0.3) is 0 Å². The highest BCUT2D eigenvalue weighted by Crippen LogP contribution is 2.14. The predicted molar refractivity (Wildman–Crippen MR) is 105 cm³/mol. The van der Waals surface area contributed by atoms with Crippen molar-refractivity contribution in [3.05, 3.63) is 70.3 Å². The number of nitro groups is 1. The Bertz CT molecular complexity index is 986. The highest BCUT2D eigenvalue weighted by Gasteiger charge is 2.22. The number of nitrogens with zero attached hydrogens (tertiary/aromatic N) is 3. The van der Waals surface area contributed by atoms with E-state index in [2.05, 4.69) is 5.32 Å². The summed E-state index contributed by atoms with van der Waals surface area (Å²) in [4.78, 5) is 48.0. The summed E-state index contributed by atoms with van der Waals surface area (Å²) >= 11 is 0. The van der Waals surface area contributed by atoms with Gasteiger partial charge < -0.3 is 10.1 Å². The molecular formula is C20H18N4O6. The van der Waals surface area contributed by atoms with Gasteiger partial charge in [-0.1, -0.05) is 24.3 Å². The molecule has 0 fully saturated rings. The fraction of sp³-hybridized carbons (Fsp3) is 0.200. The van der Waals surface area contributed by atoms with E-state index in [0.717, 1.165) is 6.07 Å². The van der Waals surface area contributed by atoms with Gasteiger partial charge in [0, 0.05) is 23.4 Å². The van der Waals surface area contributed by atoms with Crippen LogP contribution in [0.15, 0.2) is 54.6 Å². The van der Waals surface area contributed by atoms with Crippen LogP contribution in [-0.4, -0.2) is 41.9 Å². The Kier molecular flexibility index (Phi) is 7.59. The molecular weight excluding hydrogens is 392 g/mol. The first-order valence-corrected chi connectivity index (χ1v) is 8.77. The maximum atomic E-state index is 12.4. The zero-order valence-corrected chi connectivity index (χ0v) is 16.0. The fourth-order valence-corrected chi connectivity index (χ4v) is 2.44. The van der Waals surface area contributed by atoms with E-state index >= 15 is 0 Å². The van der Waals surface area contributed by atoms with Gasteiger partial charge in [-0.25, -0.2) is 4.79 Å². The van der Waals surface area contributed by atoms with Crippen molar-refractivity contribution in [2.45, 2.75) is 13.0 Å². The number of hydrogen-bond donors (Lipinski definition) is 1. The van der Waals surface area contributed by atoms with Crippen molar-refractivity contribution < 1.29 is 24.0 Å². The minimum Gasteiger partial charge on any atom is -0.454 e. The molecule has 0 aliphatic heterocycles. The number of esters is 1. The summed E-state index contributed by atoms with van der Waals surface area (Å²) in [6.45, 7) is 0.512. The number of para-hydroxylation sites is 1. The summed E-state index contributed by atoms with van der Waals surface area (Å²) in [5, 5.41) is 22.1. The number of benzene rings is 2. The molecule has 10 nitrogen and oxygen atoms in total. The maximum Gasteiger partial charge on any atom is 0.328 e. The van der Waals surface area contributed by atoms with Crippen LogP contribution in [0.2, 0.25) is 0 Å². The number of non-ortho nitro benzene ring substituents is 1. The molecule has 0 aliphatic rings. The number of carbonyl (C=O) groups is 3. The minimum atomic E-state index is -1.11. The van der Waals surface area contributed by atoms with Crippen molar-refractivity contribution in [1.29, 1.82) is 5.26 Å². The van der Waals surface area contributed by atoms with Gasteiger partial charge in [-0.05, 0) is 25.1 Å². The Morgan fingerprint density at radius 3 is 2.53 bits per heavy atom. The van der Waals surface area contributed by atoms with Crippen LogP contribution >= 0.6 is 0 Å². The lowest BCUT2D eigenvalue weighted by molar-refractivity contribution is -0.384. The lowest BCUT2D eigenvalue weighted by atomic mass is 10.2. The molecule has 1 atom stereocenters. The van der Waals surface area contributed by atoms with E-state index in [1.807, 2.05) is 6.07 Å². The van der Waals surface area contributed by atoms with Gasteiger partial charge >= 0.3 is 5.97 Å². The van der Waals surface area contributed by atoms with Crippen LogP contribution in [-0.2, 0) is 14.3 Å². The molecule has 30 heavy (non-hydrogen) atoms. The quantitative estimate of drug-likeness (QED) is 0.303. The molecule has 0 saturated heterocycles. The van der Waals surface area contributed by atoms with Gasteiger partial charge in [-0.15, -0.1) is 0 Å². The van der Waals surface area contributed by atoms with E-state index in [9.17, 15) is 24.5 Å². The van der Waals surface area contributed by atoms with Crippen molar-refractivity contribution in [1.82, 2.24) is 5.32 Å². The van der Waals surface area contributed by atoms with E-state index in [-0.39, 0.29) is 17.8 Å². The second kappa shape index (κ2) is 10.3. The summed E-state index contributed by atoms with van der Waals surface area (Å²) < 4.78 is 4.95. The van der Waals surface area contributed by atoms with Crippen LogP contribution in [0.1, 0.15) is 17.3 Å². The van der Waals surface area contributed by atoms with Crippen molar-refractivity contribution in [3.63, 3.8) is 0 Å². The molecule has 0 saturated carbocycles. The van der Waals surface area contributed by atoms with Gasteiger partial charge in [0.15, 0.2) is 6.61 Å². The van der Waals surface area contributed by atoms with Crippen LogP contribution in [0.4, 0.5) is 11.4 Å². The normalized spacial score (nSPS) is 10.9. The zero-order valence-electron chi connectivity index (χ0n) is 16.0. The molecule has 0 aliphatic carbocycles. The number of anilines is 1. The van der Waals surface area contributed by atoms with Crippen LogP contribution in [0, 0.1) is 21.4 Å². The third kappa shape index (κ3) is 5.87. The van der Waals surface area contributed by atoms with Gasteiger partial charge in [0.1, 0.15) is 12.6 Å². The summed E-state index contributed by atoms with van der Waals surface area (Å²) in [5.41, 5.74) is 0.221. The van der Waals surface area contributed by atoms with E-state index in [1.165, 1.54) is 30.0 Å². The molecule has 2 rings (SSSR count). The van der Waals surface area contributed by atoms with Crippen LogP contribution < -0.4 is 10.2 Å². The van der Waals surface area contributed by atoms with Crippen molar-refractivity contribution in [3.8, 4) is 6.07 Å². The Labute approximate surface area is 171 Å². The first kappa shape index (κ1) is 22.0. The standard InChI is InChI=1S/C20H18N4O6/c1-14(22-19(26)15-6-5-9-17(12-15)24(28)29)20(27)30-13-18(25)23(11-10-21)16-7-3-2-4-8-16/h2-9,12,14H,11,13H2,1H3,(H,22,26)/t14-/m0/s1. The minimum absolute atomic E-state index is 0.00389. The van der Waals surface area contributed by atoms with Crippen molar-refractivity contribution in [2.75, 3.05) is 18.1 Å². The number of rotatable bonds is 8. The highest BCUT2D eigenvalue weighted by molar-refractivity contribution is 5.98. The number of carbonyl (C=O) groups excluding carboxylic acids is 3. The number of nitro benzene ring substituents is 1. The first-order valence-electron chi connectivity index (χ1n) is 8.77. The molecule has 2 aromatic rings. The van der Waals surface area contributed by atoms with Gasteiger partial charge in [-0.2, -0.15) is 5.26 Å². The number of nitriles is 1. The Morgan fingerprint density at radius 1 is 1.20 bits per heavy atom. The van der Waals surface area contributed by atoms with Crippen molar-refractivity contribution in [2.24, 2.45) is 0 Å². The largest absolute Gasteiger partial charge is 0.454 e. The van der Waals surface area contributed by atoms with E-state index in [1.54, 1.807) is 30.3 Å². The molecule has 0 radical (unpaired) electrons. The second-order valence-corrected chi connectivity index (χ2v) is 6.08. The smallest absolute Gasteiger partial charge is 0.328 e. The second-order valence-electron chi connectivity index (χ2n) is 6.08. The van der Waals surface area contributed by atoms with Crippen LogP contribution in [0.3, 0.4) is 0 Å². The Balaban J connectivity index is 1.94. The molecule has 2 aromatic carbocycles. The number of ether oxygens (including phenoxy) is 1. The van der Waals surface area contributed by atoms with E-state index in [4.69, 9.17) is 10.00 Å². The molecule has 1 N–H and O–H groups in total. The lowest BCUT2D eigenvalue weighted by Crippen LogP contribution is -2.41. The highest BCUT2D eigenvalue weighted by atomic mass is 16.6. The van der Waals surface area contributed by atoms with Gasteiger partial charge in [0.25, 0.3) is 17.5 Å². The Morgan fingerprint density at radius 2 is 1.90 bits per heavy atom. The summed E-state index contributed by atoms with van der Waals surface area (Å²) in [6.07, 6.45) is 0. The SMILES string of the molecule is C[C@H](NC(=O)c1cccc([N+](=O)[O-])c1)C(=O)OCC(=O)N(CC#N)c1ccccc1. The summed E-state index contributed by atoms with van der Waals surface area (Å²) in [5.74, 6) is -2.18. The Hall–Kier alpha value is -4.26. The molecule has 154 valence electrons. The first-order chi connectivity index (χ1) is 14.3. The molecule has 0 heterocycles. The average molecular weight is 410 g/mol. The third-order valence-corrected chi connectivity index (χ3v) is 3.96. The van der Waals surface area contributed by atoms with Crippen LogP contribution in [0.5, 0.6) is 0 Å². The zero-order chi connectivity index (χ0) is 22.1. The molecule has 0 bridgehead atoms. The molecule has 0 aromatic heterocycles. The fourth-order valence-electron chi connectivity index (χ4n) is 2.44. The topological polar surface area (TPSA) is 143 Å². The molecule has 0 spiro atoms.